The maximum Gasteiger partial charge on any atom is 0.330 e. The maximum absolute atomic E-state index is 11.9. The van der Waals surface area contributed by atoms with Crippen molar-refractivity contribution in [3.8, 4) is 0 Å². The first-order valence-corrected chi connectivity index (χ1v) is 12.9. The van der Waals surface area contributed by atoms with Gasteiger partial charge < -0.3 is 20.5 Å². The van der Waals surface area contributed by atoms with E-state index < -0.39 is 23.9 Å². The van der Waals surface area contributed by atoms with E-state index in [1.165, 1.54) is 0 Å². The van der Waals surface area contributed by atoms with E-state index in [0.717, 1.165) is 57.8 Å². The van der Waals surface area contributed by atoms with Crippen molar-refractivity contribution in [2.75, 3.05) is 13.7 Å². The Morgan fingerprint density at radius 2 is 1.21 bits per heavy atom. The van der Waals surface area contributed by atoms with Crippen molar-refractivity contribution in [2.45, 2.75) is 64.3 Å². The Morgan fingerprint density at radius 1 is 0.737 bits per heavy atom. The smallest absolute Gasteiger partial charge is 0.330 e. The van der Waals surface area contributed by atoms with Gasteiger partial charge >= 0.3 is 11.9 Å². The molecule has 0 aromatic carbocycles. The van der Waals surface area contributed by atoms with Crippen molar-refractivity contribution in [1.82, 2.24) is 10.6 Å². The molecule has 2 amide bonds. The standard InChI is InChI=1S/C30H42N2O6/c1-3-4-5-6-7-8-9-10-11-12-13-14-15-16-17-18-19-20-21-22-27(33)31-25-26(30(36)37)32-28(34)23-24-29(35)38-2/h4-5,7-8,10-11,13-14,16-17,19-20,23-24,26H,3,6,9,12,15,18,21-22,25H2,1-2H3,(H,31,33)(H,32,34)(H,36,37). The van der Waals surface area contributed by atoms with Crippen molar-refractivity contribution in [2.24, 2.45) is 0 Å². The molecule has 3 N–H and O–H groups in total. The lowest BCUT2D eigenvalue weighted by molar-refractivity contribution is -0.141. The molecule has 0 heterocycles. The van der Waals surface area contributed by atoms with Gasteiger partial charge in [0.25, 0.3) is 0 Å². The molecule has 0 saturated carbocycles. The van der Waals surface area contributed by atoms with E-state index in [0.29, 0.717) is 6.42 Å². The van der Waals surface area contributed by atoms with Crippen molar-refractivity contribution in [1.29, 1.82) is 0 Å². The molecule has 8 nitrogen and oxygen atoms in total. The number of allylic oxidation sites excluding steroid dienone is 12. The van der Waals surface area contributed by atoms with E-state index in [1.807, 2.05) is 12.2 Å². The van der Waals surface area contributed by atoms with Gasteiger partial charge in [0.05, 0.1) is 7.11 Å². The molecule has 0 aliphatic heterocycles. The quantitative estimate of drug-likeness (QED) is 0.118. The van der Waals surface area contributed by atoms with E-state index >= 15 is 0 Å². The van der Waals surface area contributed by atoms with Crippen LogP contribution in [0.25, 0.3) is 0 Å². The molecule has 0 aromatic rings. The van der Waals surface area contributed by atoms with Crippen LogP contribution in [0.5, 0.6) is 0 Å². The van der Waals surface area contributed by atoms with Gasteiger partial charge in [-0.15, -0.1) is 0 Å². The lowest BCUT2D eigenvalue weighted by Gasteiger charge is -2.14. The van der Waals surface area contributed by atoms with Crippen molar-refractivity contribution in [3.63, 3.8) is 0 Å². The zero-order valence-electron chi connectivity index (χ0n) is 22.5. The van der Waals surface area contributed by atoms with E-state index in [-0.39, 0.29) is 18.9 Å². The number of aliphatic carboxylic acids is 1. The Kier molecular flexibility index (Phi) is 22.2. The summed E-state index contributed by atoms with van der Waals surface area (Å²) in [5.74, 6) is -3.15. The van der Waals surface area contributed by atoms with Gasteiger partial charge in [-0.25, -0.2) is 9.59 Å². The topological polar surface area (TPSA) is 122 Å². The minimum absolute atomic E-state index is 0.199. The fraction of sp³-hybridized carbons (Fsp3) is 0.400. The van der Waals surface area contributed by atoms with Crippen LogP contribution in [0, 0.1) is 0 Å². The molecule has 0 spiro atoms. The molecule has 0 radical (unpaired) electrons. The average Bonchev–Trinajstić information content (AvgIpc) is 2.90. The summed E-state index contributed by atoms with van der Waals surface area (Å²) in [5.41, 5.74) is 0. The molecule has 0 aliphatic carbocycles. The van der Waals surface area contributed by atoms with Crippen molar-refractivity contribution < 1.29 is 29.0 Å². The highest BCUT2D eigenvalue weighted by molar-refractivity contribution is 5.96. The lowest BCUT2D eigenvalue weighted by Crippen LogP contribution is -2.48. The summed E-state index contributed by atoms with van der Waals surface area (Å²) in [6.45, 7) is 1.86. The molecule has 0 fully saturated rings. The minimum atomic E-state index is -1.32. The monoisotopic (exact) mass is 526 g/mol. The van der Waals surface area contributed by atoms with E-state index in [9.17, 15) is 24.3 Å². The summed E-state index contributed by atoms with van der Waals surface area (Å²) in [5, 5.41) is 13.9. The number of hydrogen-bond acceptors (Lipinski definition) is 5. The summed E-state index contributed by atoms with van der Waals surface area (Å²) in [4.78, 5) is 45.9. The fourth-order valence-corrected chi connectivity index (χ4v) is 2.79. The largest absolute Gasteiger partial charge is 0.480 e. The Labute approximate surface area is 226 Å². The third-order valence-electron chi connectivity index (χ3n) is 4.82. The number of methoxy groups -OCH3 is 1. The Balaban J connectivity index is 3.98. The molecule has 208 valence electrons. The van der Waals surface area contributed by atoms with Gasteiger partial charge in [0.15, 0.2) is 0 Å². The van der Waals surface area contributed by atoms with E-state index in [1.54, 1.807) is 0 Å². The molecule has 38 heavy (non-hydrogen) atoms. The third-order valence-corrected chi connectivity index (χ3v) is 4.82. The number of carboxylic acid groups (broad SMARTS) is 1. The van der Waals surface area contributed by atoms with Crippen LogP contribution >= 0.6 is 0 Å². The van der Waals surface area contributed by atoms with E-state index in [4.69, 9.17) is 0 Å². The number of hydrogen-bond donors (Lipinski definition) is 3. The number of esters is 1. The van der Waals surface area contributed by atoms with Crippen LogP contribution in [-0.2, 0) is 23.9 Å². The van der Waals surface area contributed by atoms with Crippen LogP contribution in [0.15, 0.2) is 85.1 Å². The molecule has 0 bridgehead atoms. The van der Waals surface area contributed by atoms with Gasteiger partial charge in [0, 0.05) is 25.1 Å². The minimum Gasteiger partial charge on any atom is -0.480 e. The first-order valence-electron chi connectivity index (χ1n) is 12.9. The average molecular weight is 527 g/mol. The molecule has 0 aliphatic rings. The van der Waals surface area contributed by atoms with Gasteiger partial charge in [-0.2, -0.15) is 0 Å². The maximum atomic E-state index is 11.9. The third kappa shape index (κ3) is 22.5. The molecule has 1 unspecified atom stereocenters. The van der Waals surface area contributed by atoms with Gasteiger partial charge in [-0.05, 0) is 44.9 Å². The van der Waals surface area contributed by atoms with Gasteiger partial charge in [0.2, 0.25) is 11.8 Å². The van der Waals surface area contributed by atoms with Crippen LogP contribution < -0.4 is 10.6 Å². The normalized spacial score (nSPS) is 13.1. The fourth-order valence-electron chi connectivity index (χ4n) is 2.79. The molecular weight excluding hydrogens is 484 g/mol. The number of nitrogens with one attached hydrogen (secondary N) is 2. The zero-order valence-corrected chi connectivity index (χ0v) is 22.5. The molecule has 8 heteroatoms. The zero-order chi connectivity index (χ0) is 28.3. The number of rotatable bonds is 20. The Hall–Kier alpha value is -3.94. The number of ether oxygens (including phenoxy) is 1. The SMILES string of the molecule is CCC=CCC=CCC=CCC=CCC=CCC=CCCC(=O)NCC(NC(=O)C=CC(=O)OC)C(=O)O. The predicted octanol–water partition coefficient (Wildman–Crippen LogP) is 4.88. The highest BCUT2D eigenvalue weighted by Crippen LogP contribution is 1.98. The highest BCUT2D eigenvalue weighted by Gasteiger charge is 2.19. The molecular formula is C30H42N2O6. The lowest BCUT2D eigenvalue weighted by atomic mass is 10.2. The van der Waals surface area contributed by atoms with Crippen LogP contribution in [-0.4, -0.2) is 48.6 Å². The first kappa shape index (κ1) is 34.1. The molecule has 1 atom stereocenters. The summed E-state index contributed by atoms with van der Waals surface area (Å²) in [6, 6.07) is -1.32. The summed E-state index contributed by atoms with van der Waals surface area (Å²) < 4.78 is 4.35. The number of carbonyl (C=O) groups is 4. The first-order chi connectivity index (χ1) is 18.4. The number of amides is 2. The second-order valence-electron chi connectivity index (χ2n) is 8.01. The van der Waals surface area contributed by atoms with Crippen molar-refractivity contribution in [3.05, 3.63) is 85.1 Å². The summed E-state index contributed by atoms with van der Waals surface area (Å²) in [6.07, 6.45) is 33.4. The molecule has 0 aromatic heterocycles. The highest BCUT2D eigenvalue weighted by atomic mass is 16.5. The van der Waals surface area contributed by atoms with Crippen molar-refractivity contribution >= 4 is 23.8 Å². The number of carboxylic acids is 1. The Bertz CT molecular complexity index is 910. The van der Waals surface area contributed by atoms with Crippen LogP contribution in [0.1, 0.15) is 58.3 Å². The van der Waals surface area contributed by atoms with Crippen LogP contribution in [0.4, 0.5) is 0 Å². The molecule has 0 saturated heterocycles. The van der Waals surface area contributed by atoms with Gasteiger partial charge in [-0.1, -0.05) is 79.8 Å². The van der Waals surface area contributed by atoms with Gasteiger partial charge in [0.1, 0.15) is 6.04 Å². The second kappa shape index (κ2) is 24.7. The summed E-state index contributed by atoms with van der Waals surface area (Å²) >= 11 is 0. The summed E-state index contributed by atoms with van der Waals surface area (Å²) in [7, 11) is 1.15. The van der Waals surface area contributed by atoms with E-state index in [2.05, 4.69) is 83.1 Å². The van der Waals surface area contributed by atoms with Crippen LogP contribution in [0.2, 0.25) is 0 Å². The van der Waals surface area contributed by atoms with Gasteiger partial charge in [-0.3, -0.25) is 9.59 Å². The second-order valence-corrected chi connectivity index (χ2v) is 8.01. The molecule has 0 rings (SSSR count). The Morgan fingerprint density at radius 3 is 1.66 bits per heavy atom. The predicted molar refractivity (Wildman–Crippen MR) is 151 cm³/mol. The number of carbonyl (C=O) groups excluding carboxylic acids is 3. The van der Waals surface area contributed by atoms with Crippen LogP contribution in [0.3, 0.4) is 0 Å².